The Kier molecular flexibility index (Phi) is 4.53. The van der Waals surface area contributed by atoms with Gasteiger partial charge in [-0.3, -0.25) is 9.80 Å². The molecule has 0 aromatic carbocycles. The van der Waals surface area contributed by atoms with Crippen LogP contribution in [0.2, 0.25) is 0 Å². The summed E-state index contributed by atoms with van der Waals surface area (Å²) in [4.78, 5) is 5.62. The summed E-state index contributed by atoms with van der Waals surface area (Å²) >= 11 is 2.10. The fourth-order valence-electron chi connectivity index (χ4n) is 4.23. The summed E-state index contributed by atoms with van der Waals surface area (Å²) in [6.45, 7) is 5.46. The van der Waals surface area contributed by atoms with Gasteiger partial charge in [-0.1, -0.05) is 6.42 Å². The van der Waals surface area contributed by atoms with Crippen molar-refractivity contribution in [2.45, 2.75) is 62.3 Å². The Hall–Kier alpha value is 0.270. The quantitative estimate of drug-likeness (QED) is 0.760. The molecule has 2 nitrogen and oxygen atoms in total. The molecule has 3 atom stereocenters. The number of nitrogens with zero attached hydrogens (tertiary/aromatic N) is 2. The van der Waals surface area contributed by atoms with Crippen molar-refractivity contribution in [3.05, 3.63) is 0 Å². The molecular formula is C15H28N2S. The van der Waals surface area contributed by atoms with Gasteiger partial charge in [-0.2, -0.15) is 11.8 Å². The second kappa shape index (κ2) is 6.15. The zero-order valence-electron chi connectivity index (χ0n) is 11.8. The first-order valence-electron chi connectivity index (χ1n) is 7.87. The van der Waals surface area contributed by atoms with Gasteiger partial charge < -0.3 is 0 Å². The van der Waals surface area contributed by atoms with Crippen molar-refractivity contribution in [1.29, 1.82) is 0 Å². The summed E-state index contributed by atoms with van der Waals surface area (Å²) in [6, 6.07) is 1.79. The minimum absolute atomic E-state index is 0.891. The van der Waals surface area contributed by atoms with Gasteiger partial charge in [-0.05, 0) is 64.4 Å². The van der Waals surface area contributed by atoms with E-state index < -0.39 is 0 Å². The Labute approximate surface area is 116 Å². The second-order valence-electron chi connectivity index (χ2n) is 6.36. The summed E-state index contributed by atoms with van der Waals surface area (Å²) < 4.78 is 0. The van der Waals surface area contributed by atoms with Gasteiger partial charge in [-0.25, -0.2) is 0 Å². The molecule has 0 N–H and O–H groups in total. The van der Waals surface area contributed by atoms with Gasteiger partial charge in [0.25, 0.3) is 0 Å². The second-order valence-corrected chi connectivity index (χ2v) is 7.50. The normalized spacial score (nSPS) is 39.5. The molecule has 0 bridgehead atoms. The van der Waals surface area contributed by atoms with E-state index in [4.69, 9.17) is 0 Å². The molecule has 1 saturated carbocycles. The smallest absolute Gasteiger partial charge is 0.0223 e. The van der Waals surface area contributed by atoms with Crippen LogP contribution < -0.4 is 0 Å². The molecule has 104 valence electrons. The van der Waals surface area contributed by atoms with Crippen LogP contribution in [0.4, 0.5) is 0 Å². The maximum absolute atomic E-state index is 2.86. The van der Waals surface area contributed by atoms with Gasteiger partial charge >= 0.3 is 0 Å². The van der Waals surface area contributed by atoms with Crippen molar-refractivity contribution < 1.29 is 0 Å². The SMILES string of the molecule is CSC1CCCC(N2CCCN3CCCC3C2)C1. The Morgan fingerprint density at radius 3 is 2.50 bits per heavy atom. The number of hydrogen-bond donors (Lipinski definition) is 0. The molecule has 0 amide bonds. The third kappa shape index (κ3) is 2.88. The lowest BCUT2D eigenvalue weighted by Crippen LogP contribution is -2.44. The van der Waals surface area contributed by atoms with Crippen LogP contribution in [0.5, 0.6) is 0 Å². The van der Waals surface area contributed by atoms with Crippen LogP contribution in [0.25, 0.3) is 0 Å². The molecule has 0 aromatic rings. The first-order chi connectivity index (χ1) is 8.86. The van der Waals surface area contributed by atoms with Crippen molar-refractivity contribution in [1.82, 2.24) is 9.80 Å². The Balaban J connectivity index is 1.60. The van der Waals surface area contributed by atoms with Crippen molar-refractivity contribution in [3.8, 4) is 0 Å². The van der Waals surface area contributed by atoms with Crippen molar-refractivity contribution in [3.63, 3.8) is 0 Å². The predicted molar refractivity (Wildman–Crippen MR) is 80.3 cm³/mol. The topological polar surface area (TPSA) is 6.48 Å². The molecule has 3 unspecified atom stereocenters. The van der Waals surface area contributed by atoms with Gasteiger partial charge in [-0.15, -0.1) is 0 Å². The van der Waals surface area contributed by atoms with E-state index in [9.17, 15) is 0 Å². The molecule has 0 spiro atoms. The number of rotatable bonds is 2. The van der Waals surface area contributed by atoms with E-state index in [0.717, 1.165) is 17.3 Å². The molecule has 3 fully saturated rings. The molecule has 0 aromatic heterocycles. The average Bonchev–Trinajstić information content (AvgIpc) is 2.76. The highest BCUT2D eigenvalue weighted by Crippen LogP contribution is 2.32. The highest BCUT2D eigenvalue weighted by molar-refractivity contribution is 7.99. The number of hydrogen-bond acceptors (Lipinski definition) is 3. The summed E-state index contributed by atoms with van der Waals surface area (Å²) in [5.74, 6) is 0. The summed E-state index contributed by atoms with van der Waals surface area (Å²) in [7, 11) is 0. The van der Waals surface area contributed by atoms with Gasteiger partial charge in [0.2, 0.25) is 0 Å². The Morgan fingerprint density at radius 2 is 1.61 bits per heavy atom. The first-order valence-corrected chi connectivity index (χ1v) is 9.16. The van der Waals surface area contributed by atoms with Crippen molar-refractivity contribution in [2.75, 3.05) is 32.4 Å². The maximum Gasteiger partial charge on any atom is 0.0223 e. The molecule has 2 saturated heterocycles. The minimum Gasteiger partial charge on any atom is -0.299 e. The molecule has 3 heteroatoms. The van der Waals surface area contributed by atoms with E-state index in [2.05, 4.69) is 27.8 Å². The van der Waals surface area contributed by atoms with Crippen LogP contribution in [0.15, 0.2) is 0 Å². The van der Waals surface area contributed by atoms with E-state index in [0.29, 0.717) is 0 Å². The number of fused-ring (bicyclic) bond motifs is 1. The van der Waals surface area contributed by atoms with Crippen LogP contribution in [-0.2, 0) is 0 Å². The lowest BCUT2D eigenvalue weighted by molar-refractivity contribution is 0.143. The fraction of sp³-hybridized carbons (Fsp3) is 1.00. The third-order valence-electron chi connectivity index (χ3n) is 5.28. The average molecular weight is 268 g/mol. The van der Waals surface area contributed by atoms with E-state index in [1.807, 2.05) is 0 Å². The van der Waals surface area contributed by atoms with Gasteiger partial charge in [0, 0.05) is 23.9 Å². The molecule has 3 aliphatic rings. The van der Waals surface area contributed by atoms with Crippen molar-refractivity contribution in [2.24, 2.45) is 0 Å². The Bertz CT molecular complexity index is 271. The van der Waals surface area contributed by atoms with E-state index in [-0.39, 0.29) is 0 Å². The molecule has 18 heavy (non-hydrogen) atoms. The standard InChI is InChI=1S/C15H28N2S/c1-18-15-7-2-5-13(11-15)17-10-4-9-16-8-3-6-14(16)12-17/h13-15H,2-12H2,1H3. The van der Waals surface area contributed by atoms with Crippen LogP contribution in [0, 0.1) is 0 Å². The summed E-state index contributed by atoms with van der Waals surface area (Å²) in [5, 5.41) is 0.937. The van der Waals surface area contributed by atoms with Crippen molar-refractivity contribution >= 4 is 11.8 Å². The number of thioether (sulfide) groups is 1. The van der Waals surface area contributed by atoms with Gasteiger partial charge in [0.05, 0.1) is 0 Å². The van der Waals surface area contributed by atoms with Crippen LogP contribution in [0.1, 0.15) is 44.9 Å². The molecule has 2 aliphatic heterocycles. The largest absolute Gasteiger partial charge is 0.299 e. The zero-order valence-corrected chi connectivity index (χ0v) is 12.6. The monoisotopic (exact) mass is 268 g/mol. The van der Waals surface area contributed by atoms with Crippen LogP contribution >= 0.6 is 11.8 Å². The van der Waals surface area contributed by atoms with Gasteiger partial charge in [0.1, 0.15) is 0 Å². The summed E-state index contributed by atoms with van der Waals surface area (Å²) in [6.07, 6.45) is 12.4. The lowest BCUT2D eigenvalue weighted by Gasteiger charge is -2.37. The van der Waals surface area contributed by atoms with E-state index in [1.165, 1.54) is 71.1 Å². The molecule has 1 aliphatic carbocycles. The highest BCUT2D eigenvalue weighted by Gasteiger charge is 2.33. The first kappa shape index (κ1) is 13.3. The lowest BCUT2D eigenvalue weighted by atomic mass is 9.93. The molecule has 0 radical (unpaired) electrons. The minimum atomic E-state index is 0.891. The van der Waals surface area contributed by atoms with Gasteiger partial charge in [0.15, 0.2) is 0 Å². The predicted octanol–water partition coefficient (Wildman–Crippen LogP) is 2.83. The third-order valence-corrected chi connectivity index (χ3v) is 6.38. The molecule has 2 heterocycles. The Morgan fingerprint density at radius 1 is 0.833 bits per heavy atom. The highest BCUT2D eigenvalue weighted by atomic mass is 32.2. The summed E-state index contributed by atoms with van der Waals surface area (Å²) in [5.41, 5.74) is 0. The maximum atomic E-state index is 2.86. The van der Waals surface area contributed by atoms with Crippen LogP contribution in [-0.4, -0.2) is 59.6 Å². The van der Waals surface area contributed by atoms with E-state index >= 15 is 0 Å². The molecule has 3 rings (SSSR count). The van der Waals surface area contributed by atoms with Crippen LogP contribution in [0.3, 0.4) is 0 Å². The van der Waals surface area contributed by atoms with E-state index in [1.54, 1.807) is 0 Å². The fourth-order valence-corrected chi connectivity index (χ4v) is 5.05. The zero-order chi connectivity index (χ0) is 12.4. The molecular weight excluding hydrogens is 240 g/mol.